The number of aryl methyl sites for hydroxylation is 1. The quantitative estimate of drug-likeness (QED) is 0.876. The zero-order valence-electron chi connectivity index (χ0n) is 11.2. The van der Waals surface area contributed by atoms with E-state index in [0.29, 0.717) is 11.5 Å². The third-order valence-corrected chi connectivity index (χ3v) is 3.79. The van der Waals surface area contributed by atoms with E-state index < -0.39 is 0 Å². The highest BCUT2D eigenvalue weighted by Gasteiger charge is 2.23. The lowest BCUT2D eigenvalue weighted by Crippen LogP contribution is -2.20. The van der Waals surface area contributed by atoms with Crippen LogP contribution in [0.5, 0.6) is 0 Å². The van der Waals surface area contributed by atoms with E-state index in [2.05, 4.69) is 13.8 Å². The smallest absolute Gasteiger partial charge is 0.134 e. The van der Waals surface area contributed by atoms with Gasteiger partial charge in [0, 0.05) is 10.9 Å². The lowest BCUT2D eigenvalue weighted by Gasteiger charge is -2.19. The van der Waals surface area contributed by atoms with Gasteiger partial charge in [0.05, 0.1) is 6.04 Å². The Labute approximate surface area is 107 Å². The molecule has 1 atom stereocenters. The van der Waals surface area contributed by atoms with Crippen LogP contribution < -0.4 is 5.73 Å². The summed E-state index contributed by atoms with van der Waals surface area (Å²) >= 11 is 0. The molecule has 2 rings (SSSR count). The van der Waals surface area contributed by atoms with E-state index in [0.717, 1.165) is 29.6 Å². The SMILES string of the molecule is CCC(CC)C(N)c1oc2ccc(F)cc2c1C. The van der Waals surface area contributed by atoms with Gasteiger partial charge < -0.3 is 10.2 Å². The molecule has 0 saturated heterocycles. The Bertz CT molecular complexity index is 543. The van der Waals surface area contributed by atoms with Crippen molar-refractivity contribution >= 4 is 11.0 Å². The zero-order valence-corrected chi connectivity index (χ0v) is 11.2. The Hall–Kier alpha value is -1.35. The third-order valence-electron chi connectivity index (χ3n) is 3.79. The van der Waals surface area contributed by atoms with E-state index in [9.17, 15) is 4.39 Å². The summed E-state index contributed by atoms with van der Waals surface area (Å²) in [5.74, 6) is 0.951. The maximum atomic E-state index is 13.2. The van der Waals surface area contributed by atoms with Crippen molar-refractivity contribution in [3.05, 3.63) is 35.3 Å². The van der Waals surface area contributed by atoms with Crippen LogP contribution in [-0.2, 0) is 0 Å². The van der Waals surface area contributed by atoms with Crippen LogP contribution >= 0.6 is 0 Å². The van der Waals surface area contributed by atoms with Crippen molar-refractivity contribution in [3.63, 3.8) is 0 Å². The molecule has 0 radical (unpaired) electrons. The molecule has 0 amide bonds. The molecule has 0 fully saturated rings. The van der Waals surface area contributed by atoms with Crippen LogP contribution in [0.1, 0.15) is 44.1 Å². The van der Waals surface area contributed by atoms with Gasteiger partial charge in [0.2, 0.25) is 0 Å². The molecular formula is C15H20FNO. The molecule has 0 aliphatic carbocycles. The summed E-state index contributed by atoms with van der Waals surface area (Å²) in [6, 6.07) is 4.48. The lowest BCUT2D eigenvalue weighted by molar-refractivity contribution is 0.353. The maximum absolute atomic E-state index is 13.2. The number of hydrogen-bond donors (Lipinski definition) is 1. The molecule has 0 aliphatic rings. The molecule has 1 aromatic carbocycles. The fraction of sp³-hybridized carbons (Fsp3) is 0.467. The molecule has 0 spiro atoms. The van der Waals surface area contributed by atoms with E-state index in [4.69, 9.17) is 10.2 Å². The Morgan fingerprint density at radius 3 is 2.56 bits per heavy atom. The first kappa shape index (κ1) is 13.1. The number of fused-ring (bicyclic) bond motifs is 1. The molecule has 2 aromatic rings. The van der Waals surface area contributed by atoms with Crippen molar-refractivity contribution in [2.75, 3.05) is 0 Å². The van der Waals surface area contributed by atoms with Gasteiger partial charge in [-0.3, -0.25) is 0 Å². The van der Waals surface area contributed by atoms with Crippen LogP contribution in [0.25, 0.3) is 11.0 Å². The van der Waals surface area contributed by atoms with E-state index >= 15 is 0 Å². The molecule has 1 unspecified atom stereocenters. The van der Waals surface area contributed by atoms with Gasteiger partial charge in [0.1, 0.15) is 17.2 Å². The molecule has 2 N–H and O–H groups in total. The normalized spacial score (nSPS) is 13.4. The predicted molar refractivity (Wildman–Crippen MR) is 71.9 cm³/mol. The standard InChI is InChI=1S/C15H20FNO/c1-4-10(5-2)14(17)15-9(3)12-8-11(16)6-7-13(12)18-15/h6-8,10,14H,4-5,17H2,1-3H3. The average molecular weight is 249 g/mol. The molecule has 0 bridgehead atoms. The monoisotopic (exact) mass is 249 g/mol. The van der Waals surface area contributed by atoms with Gasteiger partial charge in [0.15, 0.2) is 0 Å². The number of halogens is 1. The highest BCUT2D eigenvalue weighted by Crippen LogP contribution is 2.33. The highest BCUT2D eigenvalue weighted by atomic mass is 19.1. The minimum atomic E-state index is -0.242. The molecule has 98 valence electrons. The Kier molecular flexibility index (Phi) is 3.71. The number of furan rings is 1. The van der Waals surface area contributed by atoms with Crippen molar-refractivity contribution < 1.29 is 8.81 Å². The summed E-state index contributed by atoms with van der Waals surface area (Å²) < 4.78 is 19.1. The van der Waals surface area contributed by atoms with Crippen LogP contribution in [0.15, 0.2) is 22.6 Å². The van der Waals surface area contributed by atoms with Gasteiger partial charge in [-0.25, -0.2) is 4.39 Å². The first-order valence-electron chi connectivity index (χ1n) is 6.52. The molecule has 0 aliphatic heterocycles. The molecule has 1 heterocycles. The van der Waals surface area contributed by atoms with Crippen LogP contribution in [0.3, 0.4) is 0 Å². The Balaban J connectivity index is 2.48. The van der Waals surface area contributed by atoms with Gasteiger partial charge in [-0.1, -0.05) is 26.7 Å². The average Bonchev–Trinajstić information content (AvgIpc) is 2.68. The van der Waals surface area contributed by atoms with Crippen molar-refractivity contribution in [1.82, 2.24) is 0 Å². The van der Waals surface area contributed by atoms with Crippen LogP contribution in [0.4, 0.5) is 4.39 Å². The van der Waals surface area contributed by atoms with E-state index in [-0.39, 0.29) is 11.9 Å². The highest BCUT2D eigenvalue weighted by molar-refractivity contribution is 5.82. The summed E-state index contributed by atoms with van der Waals surface area (Å²) in [6.45, 7) is 6.21. The van der Waals surface area contributed by atoms with Crippen molar-refractivity contribution in [3.8, 4) is 0 Å². The summed E-state index contributed by atoms with van der Waals surface area (Å²) in [5.41, 5.74) is 7.95. The number of rotatable bonds is 4. The second-order valence-electron chi connectivity index (χ2n) is 4.83. The fourth-order valence-electron chi connectivity index (χ4n) is 2.54. The van der Waals surface area contributed by atoms with Crippen LogP contribution in [-0.4, -0.2) is 0 Å². The van der Waals surface area contributed by atoms with E-state index in [1.54, 1.807) is 6.07 Å². The summed E-state index contributed by atoms with van der Waals surface area (Å²) in [4.78, 5) is 0. The Morgan fingerprint density at radius 1 is 1.28 bits per heavy atom. The van der Waals surface area contributed by atoms with Gasteiger partial charge in [-0.05, 0) is 31.0 Å². The van der Waals surface area contributed by atoms with E-state index in [1.165, 1.54) is 12.1 Å². The topological polar surface area (TPSA) is 39.2 Å². The minimum absolute atomic E-state index is 0.115. The molecule has 1 aromatic heterocycles. The van der Waals surface area contributed by atoms with Crippen molar-refractivity contribution in [2.45, 2.75) is 39.7 Å². The van der Waals surface area contributed by atoms with Gasteiger partial charge >= 0.3 is 0 Å². The summed E-state index contributed by atoms with van der Waals surface area (Å²) in [7, 11) is 0. The van der Waals surface area contributed by atoms with Gasteiger partial charge in [-0.15, -0.1) is 0 Å². The number of hydrogen-bond acceptors (Lipinski definition) is 2. The maximum Gasteiger partial charge on any atom is 0.134 e. The zero-order chi connectivity index (χ0) is 13.3. The van der Waals surface area contributed by atoms with Crippen molar-refractivity contribution in [2.24, 2.45) is 11.7 Å². The van der Waals surface area contributed by atoms with Gasteiger partial charge in [-0.2, -0.15) is 0 Å². The summed E-state index contributed by atoms with van der Waals surface area (Å²) in [6.07, 6.45) is 2.03. The second kappa shape index (κ2) is 5.11. The molecular weight excluding hydrogens is 229 g/mol. The molecule has 3 heteroatoms. The fourth-order valence-corrected chi connectivity index (χ4v) is 2.54. The lowest BCUT2D eigenvalue weighted by atomic mass is 9.91. The second-order valence-corrected chi connectivity index (χ2v) is 4.83. The van der Waals surface area contributed by atoms with Crippen molar-refractivity contribution in [1.29, 1.82) is 0 Å². The predicted octanol–water partition coefficient (Wildman–Crippen LogP) is 4.32. The van der Waals surface area contributed by atoms with Gasteiger partial charge in [0.25, 0.3) is 0 Å². The Morgan fingerprint density at radius 2 is 1.94 bits per heavy atom. The molecule has 18 heavy (non-hydrogen) atoms. The third kappa shape index (κ3) is 2.15. The molecule has 0 saturated carbocycles. The van der Waals surface area contributed by atoms with E-state index in [1.807, 2.05) is 6.92 Å². The minimum Gasteiger partial charge on any atom is -0.459 e. The first-order valence-corrected chi connectivity index (χ1v) is 6.52. The largest absolute Gasteiger partial charge is 0.459 e. The number of benzene rings is 1. The molecule has 2 nitrogen and oxygen atoms in total. The number of nitrogens with two attached hydrogens (primary N) is 1. The van der Waals surface area contributed by atoms with Crippen LogP contribution in [0, 0.1) is 18.7 Å². The van der Waals surface area contributed by atoms with Crippen LogP contribution in [0.2, 0.25) is 0 Å². The summed E-state index contributed by atoms with van der Waals surface area (Å²) in [5, 5.41) is 0.825. The first-order chi connectivity index (χ1) is 8.58.